The summed E-state index contributed by atoms with van der Waals surface area (Å²) in [7, 11) is 0. The number of benzene rings is 1. The Hall–Kier alpha value is -1.82. The van der Waals surface area contributed by atoms with E-state index in [4.69, 9.17) is 0 Å². The van der Waals surface area contributed by atoms with E-state index in [1.165, 1.54) is 0 Å². The van der Waals surface area contributed by atoms with Gasteiger partial charge in [0.25, 0.3) is 0 Å². The van der Waals surface area contributed by atoms with E-state index in [-0.39, 0.29) is 11.9 Å². The van der Waals surface area contributed by atoms with Crippen LogP contribution in [0.3, 0.4) is 0 Å². The predicted molar refractivity (Wildman–Crippen MR) is 83.4 cm³/mol. The van der Waals surface area contributed by atoms with Crippen molar-refractivity contribution in [2.75, 3.05) is 0 Å². The van der Waals surface area contributed by atoms with Gasteiger partial charge in [0.1, 0.15) is 5.92 Å². The molecule has 0 saturated heterocycles. The Morgan fingerprint density at radius 2 is 2.00 bits per heavy atom. The maximum atomic E-state index is 12.3. The van der Waals surface area contributed by atoms with Crippen molar-refractivity contribution in [1.82, 2.24) is 5.32 Å². The van der Waals surface area contributed by atoms with Gasteiger partial charge in [-0.2, -0.15) is 5.26 Å². The second kappa shape index (κ2) is 7.26. The molecule has 0 aliphatic heterocycles. The Balaban J connectivity index is 1.90. The van der Waals surface area contributed by atoms with Crippen LogP contribution in [-0.4, -0.2) is 11.9 Å². The van der Waals surface area contributed by atoms with Crippen molar-refractivity contribution in [3.8, 4) is 6.07 Å². The van der Waals surface area contributed by atoms with Crippen LogP contribution >= 0.6 is 0 Å². The molecule has 21 heavy (non-hydrogen) atoms. The van der Waals surface area contributed by atoms with Crippen LogP contribution < -0.4 is 5.32 Å². The average molecular weight is 284 g/mol. The fraction of sp³-hybridized carbons (Fsp3) is 0.556. The van der Waals surface area contributed by atoms with E-state index < -0.39 is 5.92 Å². The molecule has 2 rings (SSSR count). The molecule has 3 heteroatoms. The van der Waals surface area contributed by atoms with Crippen molar-refractivity contribution < 1.29 is 4.79 Å². The van der Waals surface area contributed by atoms with E-state index in [0.29, 0.717) is 12.3 Å². The molecule has 0 radical (unpaired) electrons. The molecule has 1 amide bonds. The molecule has 0 heterocycles. The van der Waals surface area contributed by atoms with Crippen molar-refractivity contribution in [3.05, 3.63) is 35.9 Å². The van der Waals surface area contributed by atoms with Gasteiger partial charge in [0.15, 0.2) is 0 Å². The minimum Gasteiger partial charge on any atom is -0.352 e. The minimum atomic E-state index is -0.595. The molecule has 4 atom stereocenters. The summed E-state index contributed by atoms with van der Waals surface area (Å²) in [4.78, 5) is 12.3. The molecule has 0 aromatic heterocycles. The lowest BCUT2D eigenvalue weighted by atomic mass is 9.79. The average Bonchev–Trinajstić information content (AvgIpc) is 2.49. The zero-order chi connectivity index (χ0) is 15.2. The molecule has 0 bridgehead atoms. The van der Waals surface area contributed by atoms with Gasteiger partial charge >= 0.3 is 0 Å². The van der Waals surface area contributed by atoms with Gasteiger partial charge in [-0.1, -0.05) is 44.2 Å². The molecule has 112 valence electrons. The van der Waals surface area contributed by atoms with E-state index in [1.54, 1.807) is 0 Å². The maximum absolute atomic E-state index is 12.3. The fourth-order valence-corrected chi connectivity index (χ4v) is 3.03. The number of nitriles is 1. The predicted octanol–water partition coefficient (Wildman–Crippen LogP) is 3.31. The summed E-state index contributed by atoms with van der Waals surface area (Å²) in [6.07, 6.45) is 3.70. The second-order valence-corrected chi connectivity index (χ2v) is 6.34. The zero-order valence-corrected chi connectivity index (χ0v) is 12.9. The van der Waals surface area contributed by atoms with Crippen LogP contribution in [0.25, 0.3) is 0 Å². The van der Waals surface area contributed by atoms with Gasteiger partial charge < -0.3 is 5.32 Å². The van der Waals surface area contributed by atoms with Crippen LogP contribution in [-0.2, 0) is 11.2 Å². The highest BCUT2D eigenvalue weighted by Gasteiger charge is 2.27. The van der Waals surface area contributed by atoms with E-state index in [2.05, 4.69) is 25.2 Å². The van der Waals surface area contributed by atoms with Gasteiger partial charge in [0.2, 0.25) is 5.91 Å². The summed E-state index contributed by atoms with van der Waals surface area (Å²) in [5, 5.41) is 12.4. The van der Waals surface area contributed by atoms with E-state index in [9.17, 15) is 10.1 Å². The first-order valence-electron chi connectivity index (χ1n) is 7.84. The van der Waals surface area contributed by atoms with Gasteiger partial charge in [-0.25, -0.2) is 0 Å². The Morgan fingerprint density at radius 1 is 1.29 bits per heavy atom. The Labute approximate surface area is 127 Å². The van der Waals surface area contributed by atoms with Crippen LogP contribution in [0.5, 0.6) is 0 Å². The first-order chi connectivity index (χ1) is 10.1. The third-order valence-corrected chi connectivity index (χ3v) is 4.70. The smallest absolute Gasteiger partial charge is 0.237 e. The molecule has 1 aliphatic rings. The Morgan fingerprint density at radius 3 is 2.62 bits per heavy atom. The summed E-state index contributed by atoms with van der Waals surface area (Å²) in [6, 6.07) is 12.1. The summed E-state index contributed by atoms with van der Waals surface area (Å²) in [5.41, 5.74) is 1.03. The van der Waals surface area contributed by atoms with Crippen molar-refractivity contribution in [1.29, 1.82) is 5.26 Å². The Bertz CT molecular complexity index is 506. The molecule has 0 spiro atoms. The van der Waals surface area contributed by atoms with Crippen LogP contribution in [0.15, 0.2) is 30.3 Å². The molecule has 1 N–H and O–H groups in total. The van der Waals surface area contributed by atoms with Gasteiger partial charge in [0.05, 0.1) is 6.07 Å². The number of amides is 1. The number of carbonyl (C=O) groups excluding carboxylic acids is 1. The number of rotatable bonds is 4. The first-order valence-corrected chi connectivity index (χ1v) is 7.84. The lowest BCUT2D eigenvalue weighted by molar-refractivity contribution is -0.124. The molecule has 1 aromatic carbocycles. The standard InChI is InChI=1S/C18H24N2O/c1-13-8-9-17(10-14(13)2)20-18(21)16(12-19)11-15-6-4-3-5-7-15/h3-7,13-14,16-17H,8-11H2,1-2H3,(H,20,21). The molecule has 1 fully saturated rings. The molecule has 1 aromatic rings. The molecule has 3 nitrogen and oxygen atoms in total. The monoisotopic (exact) mass is 284 g/mol. The second-order valence-electron chi connectivity index (χ2n) is 6.34. The van der Waals surface area contributed by atoms with Crippen molar-refractivity contribution >= 4 is 5.91 Å². The van der Waals surface area contributed by atoms with Crippen LogP contribution in [0.1, 0.15) is 38.7 Å². The highest BCUT2D eigenvalue weighted by Crippen LogP contribution is 2.29. The summed E-state index contributed by atoms with van der Waals surface area (Å²) in [6.45, 7) is 4.52. The summed E-state index contributed by atoms with van der Waals surface area (Å²) < 4.78 is 0. The SMILES string of the molecule is CC1CCC(NC(=O)C(C#N)Cc2ccccc2)CC1C. The number of carbonyl (C=O) groups is 1. The van der Waals surface area contributed by atoms with Gasteiger partial charge in [0, 0.05) is 6.04 Å². The number of nitrogens with one attached hydrogen (secondary N) is 1. The normalized spacial score (nSPS) is 26.6. The zero-order valence-electron chi connectivity index (χ0n) is 12.9. The third kappa shape index (κ3) is 4.32. The van der Waals surface area contributed by atoms with E-state index in [0.717, 1.165) is 30.7 Å². The van der Waals surface area contributed by atoms with Crippen LogP contribution in [0.4, 0.5) is 0 Å². The van der Waals surface area contributed by atoms with Gasteiger partial charge in [-0.05, 0) is 43.1 Å². The maximum Gasteiger partial charge on any atom is 0.237 e. The third-order valence-electron chi connectivity index (χ3n) is 4.70. The number of hydrogen-bond acceptors (Lipinski definition) is 2. The molecule has 1 saturated carbocycles. The molecule has 1 aliphatic carbocycles. The number of hydrogen-bond donors (Lipinski definition) is 1. The molecule has 4 unspecified atom stereocenters. The highest BCUT2D eigenvalue weighted by molar-refractivity contribution is 5.81. The molecular weight excluding hydrogens is 260 g/mol. The van der Waals surface area contributed by atoms with Crippen LogP contribution in [0.2, 0.25) is 0 Å². The summed E-state index contributed by atoms with van der Waals surface area (Å²) >= 11 is 0. The van der Waals surface area contributed by atoms with E-state index >= 15 is 0 Å². The minimum absolute atomic E-state index is 0.117. The fourth-order valence-electron chi connectivity index (χ4n) is 3.03. The largest absolute Gasteiger partial charge is 0.352 e. The lowest BCUT2D eigenvalue weighted by Crippen LogP contribution is -2.42. The topological polar surface area (TPSA) is 52.9 Å². The highest BCUT2D eigenvalue weighted by atomic mass is 16.1. The van der Waals surface area contributed by atoms with Crippen molar-refractivity contribution in [3.63, 3.8) is 0 Å². The summed E-state index contributed by atoms with van der Waals surface area (Å²) in [5.74, 6) is 0.656. The lowest BCUT2D eigenvalue weighted by Gasteiger charge is -2.32. The van der Waals surface area contributed by atoms with E-state index in [1.807, 2.05) is 30.3 Å². The quantitative estimate of drug-likeness (QED) is 0.922. The Kier molecular flexibility index (Phi) is 5.38. The van der Waals surface area contributed by atoms with Crippen LogP contribution in [0, 0.1) is 29.1 Å². The van der Waals surface area contributed by atoms with Gasteiger partial charge in [-0.3, -0.25) is 4.79 Å². The first kappa shape index (κ1) is 15.6. The molecular formula is C18H24N2O. The van der Waals surface area contributed by atoms with Crippen molar-refractivity contribution in [2.24, 2.45) is 17.8 Å². The van der Waals surface area contributed by atoms with Gasteiger partial charge in [-0.15, -0.1) is 0 Å². The van der Waals surface area contributed by atoms with Crippen molar-refractivity contribution in [2.45, 2.75) is 45.6 Å². The number of nitrogens with zero attached hydrogens (tertiary/aromatic N) is 1.